The van der Waals surface area contributed by atoms with E-state index in [0.717, 1.165) is 11.3 Å². The zero-order valence-electron chi connectivity index (χ0n) is 10.3. The van der Waals surface area contributed by atoms with Crippen molar-refractivity contribution >= 4 is 11.6 Å². The Hall–Kier alpha value is -1.59. The summed E-state index contributed by atoms with van der Waals surface area (Å²) in [4.78, 5) is 11.2. The lowest BCUT2D eigenvalue weighted by atomic mass is 10.1. The zero-order chi connectivity index (χ0) is 12.8. The average molecular weight is 238 g/mol. The van der Waals surface area contributed by atoms with Crippen LogP contribution < -0.4 is 11.1 Å². The number of carbonyl (C=O) groups is 1. The molecular formula is C12H18N2O3. The Morgan fingerprint density at radius 3 is 2.59 bits per heavy atom. The van der Waals surface area contributed by atoms with Crippen molar-refractivity contribution in [3.63, 3.8) is 0 Å². The molecule has 0 spiro atoms. The fraction of sp³-hybridized carbons (Fsp3) is 0.417. The summed E-state index contributed by atoms with van der Waals surface area (Å²) in [7, 11) is 3.14. The lowest BCUT2D eigenvalue weighted by Crippen LogP contribution is -2.24. The molecule has 1 aromatic rings. The van der Waals surface area contributed by atoms with Crippen LogP contribution in [0.4, 0.5) is 5.69 Å². The second-order valence-electron chi connectivity index (χ2n) is 3.62. The number of methoxy groups -OCH3 is 2. The first-order valence-corrected chi connectivity index (χ1v) is 5.29. The van der Waals surface area contributed by atoms with Crippen LogP contribution in [0.5, 0.6) is 0 Å². The molecule has 0 unspecified atom stereocenters. The van der Waals surface area contributed by atoms with Gasteiger partial charge in [0, 0.05) is 25.5 Å². The predicted molar refractivity (Wildman–Crippen MR) is 66.0 cm³/mol. The standard InChI is InChI=1S/C12H18N2O3/c1-8-9(12(13)15)5-4-6-10(8)14-7-11(16-2)17-3/h4-6,11,14H,7H2,1-3H3,(H2,13,15). The van der Waals surface area contributed by atoms with Crippen LogP contribution in [0.15, 0.2) is 18.2 Å². The van der Waals surface area contributed by atoms with E-state index in [1.807, 2.05) is 13.0 Å². The number of anilines is 1. The largest absolute Gasteiger partial charge is 0.380 e. The Bertz CT molecular complexity index is 389. The molecule has 5 heteroatoms. The quantitative estimate of drug-likeness (QED) is 0.728. The van der Waals surface area contributed by atoms with Gasteiger partial charge in [0.1, 0.15) is 0 Å². The van der Waals surface area contributed by atoms with Gasteiger partial charge >= 0.3 is 0 Å². The molecule has 0 radical (unpaired) electrons. The van der Waals surface area contributed by atoms with Crippen molar-refractivity contribution in [3.8, 4) is 0 Å². The number of hydrogen-bond donors (Lipinski definition) is 2. The van der Waals surface area contributed by atoms with E-state index in [4.69, 9.17) is 15.2 Å². The van der Waals surface area contributed by atoms with Crippen LogP contribution in [0, 0.1) is 6.92 Å². The first-order valence-electron chi connectivity index (χ1n) is 5.29. The van der Waals surface area contributed by atoms with Gasteiger partial charge in [0.15, 0.2) is 6.29 Å². The molecule has 0 heterocycles. The van der Waals surface area contributed by atoms with Gasteiger partial charge in [-0.25, -0.2) is 0 Å². The van der Waals surface area contributed by atoms with Gasteiger partial charge in [0.2, 0.25) is 5.91 Å². The molecule has 0 bridgehead atoms. The molecule has 17 heavy (non-hydrogen) atoms. The van der Waals surface area contributed by atoms with Crippen molar-refractivity contribution in [2.75, 3.05) is 26.1 Å². The molecule has 1 rings (SSSR count). The average Bonchev–Trinajstić information content (AvgIpc) is 2.32. The second-order valence-corrected chi connectivity index (χ2v) is 3.62. The fourth-order valence-electron chi connectivity index (χ4n) is 1.55. The highest BCUT2D eigenvalue weighted by Crippen LogP contribution is 2.18. The van der Waals surface area contributed by atoms with Crippen molar-refractivity contribution < 1.29 is 14.3 Å². The highest BCUT2D eigenvalue weighted by molar-refractivity contribution is 5.95. The SMILES string of the molecule is COC(CNc1cccc(C(N)=O)c1C)OC. The smallest absolute Gasteiger partial charge is 0.249 e. The predicted octanol–water partition coefficient (Wildman–Crippen LogP) is 1.12. The van der Waals surface area contributed by atoms with Gasteiger partial charge in [-0.3, -0.25) is 4.79 Å². The van der Waals surface area contributed by atoms with E-state index in [-0.39, 0.29) is 6.29 Å². The molecule has 0 aliphatic rings. The maximum absolute atomic E-state index is 11.2. The molecule has 0 aliphatic heterocycles. The molecule has 1 aromatic carbocycles. The molecule has 0 atom stereocenters. The molecule has 5 nitrogen and oxygen atoms in total. The summed E-state index contributed by atoms with van der Waals surface area (Å²) in [5.41, 5.74) is 7.46. The van der Waals surface area contributed by atoms with Crippen LogP contribution in [-0.2, 0) is 9.47 Å². The normalized spacial score (nSPS) is 10.6. The molecule has 0 aliphatic carbocycles. The molecule has 3 N–H and O–H groups in total. The maximum atomic E-state index is 11.2. The molecule has 0 saturated carbocycles. The van der Waals surface area contributed by atoms with Crippen molar-refractivity contribution in [1.29, 1.82) is 0 Å². The van der Waals surface area contributed by atoms with Crippen molar-refractivity contribution in [2.45, 2.75) is 13.2 Å². The first-order chi connectivity index (χ1) is 8.10. The summed E-state index contributed by atoms with van der Waals surface area (Å²) in [5, 5.41) is 3.15. The van der Waals surface area contributed by atoms with E-state index < -0.39 is 5.91 Å². The van der Waals surface area contributed by atoms with Crippen LogP contribution in [0.1, 0.15) is 15.9 Å². The number of nitrogens with two attached hydrogens (primary N) is 1. The number of hydrogen-bond acceptors (Lipinski definition) is 4. The summed E-state index contributed by atoms with van der Waals surface area (Å²) in [6, 6.07) is 5.36. The third-order valence-corrected chi connectivity index (χ3v) is 2.58. The second kappa shape index (κ2) is 6.22. The van der Waals surface area contributed by atoms with Crippen LogP contribution in [-0.4, -0.2) is 33.0 Å². The lowest BCUT2D eigenvalue weighted by molar-refractivity contribution is -0.0914. The summed E-state index contributed by atoms with van der Waals surface area (Å²) in [6.45, 7) is 2.34. The molecule has 94 valence electrons. The summed E-state index contributed by atoms with van der Waals surface area (Å²) < 4.78 is 10.1. The van der Waals surface area contributed by atoms with Crippen molar-refractivity contribution in [2.24, 2.45) is 5.73 Å². The number of carbonyl (C=O) groups excluding carboxylic acids is 1. The number of benzene rings is 1. The first kappa shape index (κ1) is 13.5. The van der Waals surface area contributed by atoms with Crippen LogP contribution >= 0.6 is 0 Å². The van der Waals surface area contributed by atoms with Gasteiger partial charge in [0.05, 0.1) is 6.54 Å². The minimum absolute atomic E-state index is 0.327. The van der Waals surface area contributed by atoms with Gasteiger partial charge in [-0.1, -0.05) is 6.07 Å². The minimum Gasteiger partial charge on any atom is -0.380 e. The third-order valence-electron chi connectivity index (χ3n) is 2.58. The Morgan fingerprint density at radius 2 is 2.06 bits per heavy atom. The number of primary amides is 1. The maximum Gasteiger partial charge on any atom is 0.249 e. The van der Waals surface area contributed by atoms with E-state index in [9.17, 15) is 4.79 Å². The minimum atomic E-state index is -0.429. The van der Waals surface area contributed by atoms with E-state index >= 15 is 0 Å². The van der Waals surface area contributed by atoms with E-state index in [1.54, 1.807) is 26.4 Å². The Morgan fingerprint density at radius 1 is 1.41 bits per heavy atom. The van der Waals surface area contributed by atoms with E-state index in [0.29, 0.717) is 12.1 Å². The van der Waals surface area contributed by atoms with Gasteiger partial charge in [-0.15, -0.1) is 0 Å². The lowest BCUT2D eigenvalue weighted by Gasteiger charge is -2.17. The van der Waals surface area contributed by atoms with Crippen LogP contribution in [0.3, 0.4) is 0 Å². The number of ether oxygens (including phenoxy) is 2. The van der Waals surface area contributed by atoms with Gasteiger partial charge in [0.25, 0.3) is 0 Å². The van der Waals surface area contributed by atoms with Crippen molar-refractivity contribution in [1.82, 2.24) is 0 Å². The van der Waals surface area contributed by atoms with E-state index in [2.05, 4.69) is 5.32 Å². The number of nitrogens with one attached hydrogen (secondary N) is 1. The third kappa shape index (κ3) is 3.44. The topological polar surface area (TPSA) is 73.6 Å². The Balaban J connectivity index is 2.78. The molecular weight excluding hydrogens is 220 g/mol. The zero-order valence-corrected chi connectivity index (χ0v) is 10.3. The van der Waals surface area contributed by atoms with Crippen LogP contribution in [0.25, 0.3) is 0 Å². The van der Waals surface area contributed by atoms with Gasteiger partial charge < -0.3 is 20.5 Å². The monoisotopic (exact) mass is 238 g/mol. The molecule has 0 aromatic heterocycles. The number of amides is 1. The summed E-state index contributed by atoms with van der Waals surface area (Å²) >= 11 is 0. The van der Waals surface area contributed by atoms with Crippen LogP contribution in [0.2, 0.25) is 0 Å². The Kier molecular flexibility index (Phi) is 4.93. The highest BCUT2D eigenvalue weighted by atomic mass is 16.7. The summed E-state index contributed by atoms with van der Waals surface area (Å²) in [6.07, 6.45) is -0.327. The fourth-order valence-corrected chi connectivity index (χ4v) is 1.55. The number of rotatable bonds is 6. The highest BCUT2D eigenvalue weighted by Gasteiger charge is 2.10. The molecule has 0 saturated heterocycles. The van der Waals surface area contributed by atoms with Gasteiger partial charge in [-0.05, 0) is 24.6 Å². The van der Waals surface area contributed by atoms with Crippen molar-refractivity contribution in [3.05, 3.63) is 29.3 Å². The van der Waals surface area contributed by atoms with E-state index in [1.165, 1.54) is 0 Å². The summed E-state index contributed by atoms with van der Waals surface area (Å²) in [5.74, 6) is -0.429. The molecule has 0 fully saturated rings. The Labute approximate surface area is 101 Å². The van der Waals surface area contributed by atoms with Gasteiger partial charge in [-0.2, -0.15) is 0 Å². The molecule has 1 amide bonds.